The third-order valence-electron chi connectivity index (χ3n) is 1.33. The second-order valence-electron chi connectivity index (χ2n) is 1.93. The van der Waals surface area contributed by atoms with Crippen LogP contribution in [0.4, 0.5) is 0 Å². The maximum Gasteiger partial charge on any atom is 0.119 e. The fourth-order valence-electron chi connectivity index (χ4n) is 0.849. The molecule has 2 aliphatic heterocycles. The van der Waals surface area contributed by atoms with E-state index in [9.17, 15) is 0 Å². The summed E-state index contributed by atoms with van der Waals surface area (Å²) in [7, 11) is 0. The van der Waals surface area contributed by atoms with E-state index in [1.54, 1.807) is 0 Å². The summed E-state index contributed by atoms with van der Waals surface area (Å²) in [6, 6.07) is 8.13. The van der Waals surface area contributed by atoms with Gasteiger partial charge in [0.1, 0.15) is 12.4 Å². The highest BCUT2D eigenvalue weighted by molar-refractivity contribution is 5.85. The van der Waals surface area contributed by atoms with Gasteiger partial charge in [0.05, 0.1) is 0 Å². The predicted octanol–water partition coefficient (Wildman–Crippen LogP) is 2.16. The van der Waals surface area contributed by atoms with Crippen LogP contribution in [0.25, 0.3) is 0 Å². The molecule has 0 saturated carbocycles. The number of fused-ring (bicyclic) bond motifs is 3. The van der Waals surface area contributed by atoms with Gasteiger partial charge in [0.2, 0.25) is 0 Å². The highest BCUT2D eigenvalue weighted by atomic mass is 35.5. The zero-order chi connectivity index (χ0) is 5.40. The lowest BCUT2D eigenvalue weighted by atomic mass is 10.2. The molecule has 3 heteroatoms. The van der Waals surface area contributed by atoms with Gasteiger partial charge in [0.25, 0.3) is 0 Å². The van der Waals surface area contributed by atoms with Crippen molar-refractivity contribution in [3.8, 4) is 5.75 Å². The molecule has 3 N–H and O–H groups in total. The zero-order valence-corrected chi connectivity index (χ0v) is 6.36. The first-order chi connectivity index (χ1) is 3.95. The van der Waals surface area contributed by atoms with E-state index in [1.807, 2.05) is 12.1 Å². The van der Waals surface area contributed by atoms with Crippen molar-refractivity contribution in [1.82, 2.24) is 6.15 Å². The molecule has 1 aromatic rings. The molecule has 10 heavy (non-hydrogen) atoms. The molecule has 56 valence electrons. The van der Waals surface area contributed by atoms with Crippen molar-refractivity contribution in [3.05, 3.63) is 29.8 Å². The second kappa shape index (κ2) is 3.44. The van der Waals surface area contributed by atoms with Gasteiger partial charge in [0, 0.05) is 0 Å². The van der Waals surface area contributed by atoms with Crippen LogP contribution in [-0.2, 0) is 6.61 Å². The van der Waals surface area contributed by atoms with Gasteiger partial charge in [-0.25, -0.2) is 0 Å². The summed E-state index contributed by atoms with van der Waals surface area (Å²) in [4.78, 5) is 0. The summed E-state index contributed by atoms with van der Waals surface area (Å²) in [5.41, 5.74) is 1.26. The number of ether oxygens (including phenoxy) is 1. The number of rotatable bonds is 0. The normalized spacial score (nSPS) is 10.8. The number of hydrogen-bond acceptors (Lipinski definition) is 2. The van der Waals surface area contributed by atoms with Crippen molar-refractivity contribution < 1.29 is 4.74 Å². The molecule has 2 nitrogen and oxygen atoms in total. The topological polar surface area (TPSA) is 44.2 Å². The van der Waals surface area contributed by atoms with Gasteiger partial charge in [-0.05, 0) is 17.7 Å². The average Bonchev–Trinajstić information content (AvgIpc) is 1.92. The maximum atomic E-state index is 5.18. The fraction of sp³-hybridized carbons (Fsp3) is 0.143. The lowest BCUT2D eigenvalue weighted by molar-refractivity contribution is 0.295. The molecule has 0 aliphatic carbocycles. The van der Waals surface area contributed by atoms with Crippen LogP contribution in [0.5, 0.6) is 5.75 Å². The van der Waals surface area contributed by atoms with Crippen molar-refractivity contribution in [1.29, 1.82) is 0 Å². The summed E-state index contributed by atoms with van der Waals surface area (Å²) >= 11 is 0. The van der Waals surface area contributed by atoms with Crippen molar-refractivity contribution in [2.24, 2.45) is 0 Å². The van der Waals surface area contributed by atoms with Crippen LogP contribution < -0.4 is 10.9 Å². The Morgan fingerprint density at radius 3 is 1.80 bits per heavy atom. The number of halogens is 1. The van der Waals surface area contributed by atoms with Crippen LogP contribution in [0.1, 0.15) is 5.56 Å². The molecule has 0 atom stereocenters. The van der Waals surface area contributed by atoms with Gasteiger partial charge in [-0.1, -0.05) is 12.1 Å². The van der Waals surface area contributed by atoms with E-state index in [4.69, 9.17) is 4.74 Å². The van der Waals surface area contributed by atoms with Crippen molar-refractivity contribution in [2.45, 2.75) is 6.61 Å². The molecule has 0 unspecified atom stereocenters. The Bertz CT molecular complexity index is 174. The summed E-state index contributed by atoms with van der Waals surface area (Å²) in [6.07, 6.45) is 0. The van der Waals surface area contributed by atoms with Crippen molar-refractivity contribution >= 4 is 12.4 Å². The Hall–Kier alpha value is -0.730. The minimum atomic E-state index is 0. The fourth-order valence-corrected chi connectivity index (χ4v) is 0.849. The van der Waals surface area contributed by atoms with Gasteiger partial charge in [-0.3, -0.25) is 0 Å². The third kappa shape index (κ3) is 1.40. The van der Waals surface area contributed by atoms with E-state index in [0.717, 1.165) is 12.4 Å². The second-order valence-corrected chi connectivity index (χ2v) is 1.93. The summed E-state index contributed by atoms with van der Waals surface area (Å²) < 4.78 is 5.18. The van der Waals surface area contributed by atoms with E-state index in [0.29, 0.717) is 0 Å². The first-order valence-corrected chi connectivity index (χ1v) is 2.67. The summed E-state index contributed by atoms with van der Waals surface area (Å²) in [6.45, 7) is 0.766. The first-order valence-electron chi connectivity index (χ1n) is 2.67. The highest BCUT2D eigenvalue weighted by Gasteiger charge is 2.01. The van der Waals surface area contributed by atoms with Crippen LogP contribution in [0.3, 0.4) is 0 Å². The van der Waals surface area contributed by atoms with Gasteiger partial charge in [0.15, 0.2) is 0 Å². The van der Waals surface area contributed by atoms with Gasteiger partial charge in [-0.15, -0.1) is 12.4 Å². The maximum absolute atomic E-state index is 5.18. The van der Waals surface area contributed by atoms with E-state index >= 15 is 0 Å². The summed E-state index contributed by atoms with van der Waals surface area (Å²) in [5.74, 6) is 0.986. The van der Waals surface area contributed by atoms with Gasteiger partial charge in [-0.2, -0.15) is 0 Å². The van der Waals surface area contributed by atoms with E-state index in [2.05, 4.69) is 12.1 Å². The molecule has 3 rings (SSSR count). The number of hydrogen-bond donors (Lipinski definition) is 1. The third-order valence-corrected chi connectivity index (χ3v) is 1.33. The van der Waals surface area contributed by atoms with Gasteiger partial charge >= 0.3 is 0 Å². The van der Waals surface area contributed by atoms with Crippen LogP contribution in [0.2, 0.25) is 0 Å². The molecule has 0 fully saturated rings. The van der Waals surface area contributed by atoms with Gasteiger partial charge < -0.3 is 10.9 Å². The highest BCUT2D eigenvalue weighted by Crippen LogP contribution is 2.19. The molecule has 0 saturated heterocycles. The van der Waals surface area contributed by atoms with Crippen LogP contribution >= 0.6 is 12.4 Å². The van der Waals surface area contributed by atoms with E-state index in [-0.39, 0.29) is 18.6 Å². The number of benzene rings is 1. The molecule has 0 radical (unpaired) electrons. The minimum Gasteiger partial charge on any atom is -0.489 e. The smallest absolute Gasteiger partial charge is 0.119 e. The molecule has 2 bridgehead atoms. The Kier molecular flexibility index (Phi) is 3.19. The standard InChI is InChI=1S/C7H6O.ClH.H3N/c1-3-7-4-2-6(1)5-8-7;;/h1-4H,5H2;1H;1H3. The van der Waals surface area contributed by atoms with Crippen LogP contribution in [-0.4, -0.2) is 0 Å². The van der Waals surface area contributed by atoms with Crippen molar-refractivity contribution in [2.75, 3.05) is 0 Å². The molecular formula is C7H10ClNO. The van der Waals surface area contributed by atoms with Crippen molar-refractivity contribution in [3.63, 3.8) is 0 Å². The lowest BCUT2D eigenvalue weighted by Crippen LogP contribution is -2.00. The van der Waals surface area contributed by atoms with E-state index in [1.165, 1.54) is 5.56 Å². The quantitative estimate of drug-likeness (QED) is 0.631. The zero-order valence-electron chi connectivity index (χ0n) is 5.54. The first kappa shape index (κ1) is 9.27. The van der Waals surface area contributed by atoms with Crippen LogP contribution in [0.15, 0.2) is 24.3 Å². The molecule has 0 spiro atoms. The SMILES string of the molecule is Cl.N.c1cc2ccc1CO2. The molecule has 0 aromatic heterocycles. The molecule has 2 heterocycles. The Labute approximate surface area is 66.2 Å². The minimum absolute atomic E-state index is 0. The lowest BCUT2D eigenvalue weighted by Gasteiger charge is -2.11. The predicted molar refractivity (Wildman–Crippen MR) is 43.0 cm³/mol. The molecular weight excluding hydrogens is 150 g/mol. The van der Waals surface area contributed by atoms with Crippen LogP contribution in [0, 0.1) is 0 Å². The van der Waals surface area contributed by atoms with E-state index < -0.39 is 0 Å². The Morgan fingerprint density at radius 1 is 1.10 bits per heavy atom. The largest absolute Gasteiger partial charge is 0.489 e. The molecule has 0 amide bonds. The molecule has 2 aliphatic rings. The average molecular weight is 160 g/mol. The summed E-state index contributed by atoms with van der Waals surface area (Å²) in [5, 5.41) is 0. The Morgan fingerprint density at radius 2 is 1.70 bits per heavy atom. The monoisotopic (exact) mass is 159 g/mol. The molecule has 1 aromatic carbocycles. The Balaban J connectivity index is 0.000000405.